The Kier molecular flexibility index (Phi) is 6.53. The number of rotatable bonds is 8. The minimum Gasteiger partial charge on any atom is -0.496 e. The van der Waals surface area contributed by atoms with Crippen LogP contribution in [0.2, 0.25) is 0 Å². The third kappa shape index (κ3) is 5.08. The monoisotopic (exact) mass is 461 g/mol. The van der Waals surface area contributed by atoms with Crippen LogP contribution in [-0.2, 0) is 16.8 Å². The second kappa shape index (κ2) is 9.13. The number of para-hydroxylation sites is 1. The lowest BCUT2D eigenvalue weighted by molar-refractivity contribution is 0.416. The van der Waals surface area contributed by atoms with Crippen molar-refractivity contribution in [2.45, 2.75) is 6.54 Å². The van der Waals surface area contributed by atoms with E-state index in [0.717, 1.165) is 0 Å². The van der Waals surface area contributed by atoms with Crippen LogP contribution < -0.4 is 36.5 Å². The van der Waals surface area contributed by atoms with E-state index in [1.165, 1.54) is 25.3 Å². The largest absolute Gasteiger partial charge is 0.496 e. The molecule has 0 fully saturated rings. The van der Waals surface area contributed by atoms with E-state index in [-0.39, 0.29) is 35.4 Å². The summed E-state index contributed by atoms with van der Waals surface area (Å²) in [5.74, 6) is 7.12. The minimum atomic E-state index is -4.46. The first kappa shape index (κ1) is 22.9. The van der Waals surface area contributed by atoms with Gasteiger partial charge in [0, 0.05) is 5.56 Å². The van der Waals surface area contributed by atoms with Gasteiger partial charge in [-0.2, -0.15) is 13.4 Å². The lowest BCUT2D eigenvalue weighted by Gasteiger charge is -2.22. The molecule has 12 nitrogen and oxygen atoms in total. The molecule has 2 aromatic carbocycles. The molecule has 0 aliphatic heterocycles. The van der Waals surface area contributed by atoms with Gasteiger partial charge in [0.15, 0.2) is 5.82 Å². The molecule has 0 amide bonds. The first-order chi connectivity index (χ1) is 15.1. The number of anilines is 4. The summed E-state index contributed by atoms with van der Waals surface area (Å²) in [7, 11) is -1.57. The zero-order valence-corrected chi connectivity index (χ0v) is 18.1. The molecule has 1 heterocycles. The molecule has 0 aliphatic carbocycles. The van der Waals surface area contributed by atoms with Gasteiger partial charge in [-0.1, -0.05) is 18.2 Å². The first-order valence-electron chi connectivity index (χ1n) is 9.13. The summed E-state index contributed by atoms with van der Waals surface area (Å²) in [5, 5.41) is 1.27. The van der Waals surface area contributed by atoms with Gasteiger partial charge in [0.1, 0.15) is 22.9 Å². The topological polar surface area (TPSA) is 192 Å². The maximum absolute atomic E-state index is 11.1. The Labute approximate surface area is 184 Å². The second-order valence-corrected chi connectivity index (χ2v) is 7.76. The minimum absolute atomic E-state index is 0.0316. The molecule has 3 rings (SSSR count). The third-order valence-corrected chi connectivity index (χ3v) is 4.91. The van der Waals surface area contributed by atoms with Crippen molar-refractivity contribution in [2.75, 3.05) is 35.4 Å². The summed E-state index contributed by atoms with van der Waals surface area (Å²) in [4.78, 5) is 8.41. The maximum Gasteiger partial charge on any atom is 0.357 e. The smallest absolute Gasteiger partial charge is 0.357 e. The van der Waals surface area contributed by atoms with E-state index >= 15 is 0 Å². The lowest BCUT2D eigenvalue weighted by atomic mass is 10.1. The van der Waals surface area contributed by atoms with Gasteiger partial charge in [0.05, 0.1) is 26.5 Å². The van der Waals surface area contributed by atoms with Crippen LogP contribution in [0.1, 0.15) is 5.56 Å². The molecular formula is C19H23N7O5S. The van der Waals surface area contributed by atoms with Crippen molar-refractivity contribution in [1.29, 1.82) is 0 Å². The van der Waals surface area contributed by atoms with Crippen molar-refractivity contribution in [3.8, 4) is 22.8 Å². The van der Waals surface area contributed by atoms with E-state index in [2.05, 4.69) is 9.97 Å². The summed E-state index contributed by atoms with van der Waals surface area (Å²) < 4.78 is 43.7. The number of benzene rings is 2. The van der Waals surface area contributed by atoms with Crippen LogP contribution in [0.5, 0.6) is 11.5 Å². The van der Waals surface area contributed by atoms with Crippen LogP contribution in [-0.4, -0.2) is 37.2 Å². The van der Waals surface area contributed by atoms with E-state index in [1.54, 1.807) is 24.3 Å². The fraction of sp³-hybridized carbons (Fsp3) is 0.158. The number of hydrazine groups is 1. The number of hydrogen-bond donors (Lipinski definition) is 5. The standard InChI is InChI=1S/C19H23N7O5S/c1-30-14-6-4-3-5-12(14)17-16(20)18(24-19(21)23-17)26(22)10-11-7-8-13(15(9-11)31-2)25-32(27,28)29/h3-9,25H,10,20,22H2,1-2H3,(H2,21,23,24)(H,27,28,29). The predicted molar refractivity (Wildman–Crippen MR) is 121 cm³/mol. The van der Waals surface area contributed by atoms with E-state index in [4.69, 9.17) is 31.3 Å². The van der Waals surface area contributed by atoms with E-state index < -0.39 is 10.3 Å². The SMILES string of the molecule is COc1cc(CN(N)c2nc(N)nc(-c3ccccc3OC)c2N)ccc1NS(=O)(=O)O. The molecule has 0 unspecified atom stereocenters. The van der Waals surface area contributed by atoms with E-state index in [9.17, 15) is 8.42 Å². The first-order valence-corrected chi connectivity index (χ1v) is 10.6. The molecule has 32 heavy (non-hydrogen) atoms. The van der Waals surface area contributed by atoms with Crippen LogP contribution >= 0.6 is 0 Å². The highest BCUT2D eigenvalue weighted by molar-refractivity contribution is 7.87. The van der Waals surface area contributed by atoms with E-state index in [0.29, 0.717) is 22.6 Å². The molecule has 0 radical (unpaired) electrons. The summed E-state index contributed by atoms with van der Waals surface area (Å²) in [6.07, 6.45) is 0. The zero-order chi connectivity index (χ0) is 23.5. The number of hydrogen-bond acceptors (Lipinski definition) is 10. The molecule has 0 saturated heterocycles. The molecule has 0 atom stereocenters. The van der Waals surface area contributed by atoms with Gasteiger partial charge in [0.2, 0.25) is 5.95 Å². The van der Waals surface area contributed by atoms with Crippen molar-refractivity contribution in [2.24, 2.45) is 5.84 Å². The number of aromatic nitrogens is 2. The number of nitrogen functional groups attached to an aromatic ring is 2. The molecule has 8 N–H and O–H groups in total. The Morgan fingerprint density at radius 2 is 1.75 bits per heavy atom. The molecule has 0 bridgehead atoms. The van der Waals surface area contributed by atoms with Crippen LogP contribution in [0.15, 0.2) is 42.5 Å². The Balaban J connectivity index is 1.95. The van der Waals surface area contributed by atoms with Gasteiger partial charge in [-0.3, -0.25) is 14.3 Å². The lowest BCUT2D eigenvalue weighted by Crippen LogP contribution is -2.32. The molecule has 3 aromatic rings. The second-order valence-electron chi connectivity index (χ2n) is 6.61. The highest BCUT2D eigenvalue weighted by atomic mass is 32.2. The van der Waals surface area contributed by atoms with Crippen LogP contribution in [0.4, 0.5) is 23.1 Å². The number of ether oxygens (including phenoxy) is 2. The van der Waals surface area contributed by atoms with Gasteiger partial charge in [-0.25, -0.2) is 10.8 Å². The Hall–Kier alpha value is -3.81. The fourth-order valence-corrected chi connectivity index (χ4v) is 3.51. The fourth-order valence-electron chi connectivity index (χ4n) is 3.07. The molecule has 0 spiro atoms. The highest BCUT2D eigenvalue weighted by Gasteiger charge is 2.19. The highest BCUT2D eigenvalue weighted by Crippen LogP contribution is 2.36. The average Bonchev–Trinajstić information content (AvgIpc) is 2.75. The van der Waals surface area contributed by atoms with Crippen molar-refractivity contribution in [3.05, 3.63) is 48.0 Å². The maximum atomic E-state index is 11.1. The normalized spacial score (nSPS) is 11.1. The van der Waals surface area contributed by atoms with Gasteiger partial charge < -0.3 is 20.9 Å². The number of nitrogens with two attached hydrogens (primary N) is 3. The zero-order valence-electron chi connectivity index (χ0n) is 17.3. The number of nitrogens with one attached hydrogen (secondary N) is 1. The van der Waals surface area contributed by atoms with Gasteiger partial charge >= 0.3 is 10.3 Å². The molecular weight excluding hydrogens is 438 g/mol. The quantitative estimate of drug-likeness (QED) is 0.185. The number of nitrogens with zero attached hydrogens (tertiary/aromatic N) is 3. The van der Waals surface area contributed by atoms with Crippen LogP contribution in [0.3, 0.4) is 0 Å². The van der Waals surface area contributed by atoms with Crippen molar-refractivity contribution in [1.82, 2.24) is 9.97 Å². The van der Waals surface area contributed by atoms with Gasteiger partial charge in [0.25, 0.3) is 0 Å². The number of methoxy groups -OCH3 is 2. The Bertz CT molecular complexity index is 1240. The predicted octanol–water partition coefficient (Wildman–Crippen LogP) is 1.42. The summed E-state index contributed by atoms with van der Waals surface area (Å²) in [5.41, 5.74) is 14.1. The van der Waals surface area contributed by atoms with Crippen LogP contribution in [0, 0.1) is 0 Å². The summed E-state index contributed by atoms with van der Waals surface area (Å²) >= 11 is 0. The van der Waals surface area contributed by atoms with Crippen LogP contribution in [0.25, 0.3) is 11.3 Å². The Morgan fingerprint density at radius 1 is 1.06 bits per heavy atom. The molecule has 1 aromatic heterocycles. The molecule has 13 heteroatoms. The molecule has 170 valence electrons. The summed E-state index contributed by atoms with van der Waals surface area (Å²) in [6, 6.07) is 11.7. The average molecular weight is 462 g/mol. The van der Waals surface area contributed by atoms with Gasteiger partial charge in [-0.05, 0) is 29.8 Å². The molecule has 0 saturated carbocycles. The Morgan fingerprint density at radius 3 is 2.41 bits per heavy atom. The molecule has 0 aliphatic rings. The van der Waals surface area contributed by atoms with Crippen molar-refractivity contribution >= 4 is 33.4 Å². The third-order valence-electron chi connectivity index (χ3n) is 4.43. The van der Waals surface area contributed by atoms with Crippen molar-refractivity contribution < 1.29 is 22.4 Å². The summed E-state index contributed by atoms with van der Waals surface area (Å²) in [6.45, 7) is 0.120. The van der Waals surface area contributed by atoms with Gasteiger partial charge in [-0.15, -0.1) is 0 Å². The van der Waals surface area contributed by atoms with E-state index in [1.807, 2.05) is 16.9 Å². The van der Waals surface area contributed by atoms with Crippen molar-refractivity contribution in [3.63, 3.8) is 0 Å².